The summed E-state index contributed by atoms with van der Waals surface area (Å²) in [6.45, 7) is 0. The van der Waals surface area contributed by atoms with Gasteiger partial charge in [-0.25, -0.2) is 9.78 Å². The Bertz CT molecular complexity index is 314. The van der Waals surface area contributed by atoms with E-state index in [0.717, 1.165) is 0 Å². The summed E-state index contributed by atoms with van der Waals surface area (Å²) in [5.41, 5.74) is 0.136. The summed E-state index contributed by atoms with van der Waals surface area (Å²) in [5.74, 6) is -0.805. The number of aromatic nitrogens is 1. The van der Waals surface area contributed by atoms with Crippen molar-refractivity contribution in [1.82, 2.24) is 4.98 Å². The second-order valence-electron chi connectivity index (χ2n) is 2.00. The van der Waals surface area contributed by atoms with E-state index in [-0.39, 0.29) is 16.6 Å². The number of carbonyl (C=O) groups is 1. The van der Waals surface area contributed by atoms with Gasteiger partial charge in [-0.3, -0.25) is 0 Å². The molecule has 0 amide bonds. The van der Waals surface area contributed by atoms with Crippen LogP contribution in [0.15, 0.2) is 12.1 Å². The smallest absolute Gasteiger partial charge is 0.341 e. The van der Waals surface area contributed by atoms with E-state index in [1.807, 2.05) is 0 Å². The molecule has 0 radical (unpaired) electrons. The molecule has 0 spiro atoms. The number of hydrogen-bond donors (Lipinski definition) is 1. The third-order valence-corrected chi connectivity index (χ3v) is 1.53. The van der Waals surface area contributed by atoms with Crippen molar-refractivity contribution in [3.05, 3.63) is 22.8 Å². The first kappa shape index (κ1) is 8.80. The number of halogens is 1. The predicted octanol–water partition coefficient (Wildman–Crippen LogP) is 1.23. The molecule has 0 fully saturated rings. The van der Waals surface area contributed by atoms with Crippen molar-refractivity contribution in [2.75, 3.05) is 7.11 Å². The van der Waals surface area contributed by atoms with Crippen molar-refractivity contribution in [2.24, 2.45) is 0 Å². The fourth-order valence-corrected chi connectivity index (χ4v) is 0.914. The van der Waals surface area contributed by atoms with Gasteiger partial charge in [-0.1, -0.05) is 11.6 Å². The number of esters is 1. The topological polar surface area (TPSA) is 59.4 Å². The second-order valence-corrected chi connectivity index (χ2v) is 2.36. The lowest BCUT2D eigenvalue weighted by molar-refractivity contribution is 0.0600. The van der Waals surface area contributed by atoms with Crippen molar-refractivity contribution in [1.29, 1.82) is 0 Å². The zero-order valence-electron chi connectivity index (χ0n) is 6.24. The standard InChI is InChI=1S/C7H6ClNO3/c1-12-7(11)4-2-3-5(10)9-6(4)8/h2-3H,1H3,(H,9,10). The maximum Gasteiger partial charge on any atom is 0.341 e. The third-order valence-electron chi connectivity index (χ3n) is 1.24. The monoisotopic (exact) mass is 187 g/mol. The van der Waals surface area contributed by atoms with Gasteiger partial charge in [0.1, 0.15) is 5.15 Å². The van der Waals surface area contributed by atoms with Gasteiger partial charge in [0.05, 0.1) is 12.7 Å². The van der Waals surface area contributed by atoms with E-state index in [1.54, 1.807) is 0 Å². The van der Waals surface area contributed by atoms with Crippen LogP contribution in [0.3, 0.4) is 0 Å². The van der Waals surface area contributed by atoms with Gasteiger partial charge in [0.2, 0.25) is 5.88 Å². The normalized spacial score (nSPS) is 9.50. The van der Waals surface area contributed by atoms with Crippen LogP contribution in [0.1, 0.15) is 10.4 Å². The number of hydrogen-bond acceptors (Lipinski definition) is 4. The Kier molecular flexibility index (Phi) is 2.50. The van der Waals surface area contributed by atoms with E-state index in [9.17, 15) is 4.79 Å². The van der Waals surface area contributed by atoms with Crippen LogP contribution in [0, 0.1) is 0 Å². The number of nitrogens with zero attached hydrogens (tertiary/aromatic N) is 1. The number of pyridine rings is 1. The Morgan fingerprint density at radius 3 is 2.83 bits per heavy atom. The highest BCUT2D eigenvalue weighted by Gasteiger charge is 2.11. The maximum absolute atomic E-state index is 10.9. The molecule has 1 aromatic heterocycles. The molecule has 0 aliphatic rings. The second kappa shape index (κ2) is 3.40. The van der Waals surface area contributed by atoms with E-state index in [0.29, 0.717) is 0 Å². The summed E-state index contributed by atoms with van der Waals surface area (Å²) in [5, 5.41) is 8.78. The van der Waals surface area contributed by atoms with E-state index in [4.69, 9.17) is 16.7 Å². The molecule has 0 aromatic carbocycles. The molecular weight excluding hydrogens is 182 g/mol. The SMILES string of the molecule is COC(=O)c1ccc(O)nc1Cl. The van der Waals surface area contributed by atoms with Crippen LogP contribution in [-0.4, -0.2) is 23.2 Å². The Morgan fingerprint density at radius 2 is 2.33 bits per heavy atom. The van der Waals surface area contributed by atoms with Crippen molar-refractivity contribution >= 4 is 17.6 Å². The summed E-state index contributed by atoms with van der Waals surface area (Å²) < 4.78 is 4.41. The van der Waals surface area contributed by atoms with Crippen molar-refractivity contribution < 1.29 is 14.6 Å². The molecule has 5 heteroatoms. The quantitative estimate of drug-likeness (QED) is 0.531. The molecule has 0 aliphatic carbocycles. The van der Waals surface area contributed by atoms with Gasteiger partial charge in [0, 0.05) is 6.07 Å². The molecule has 12 heavy (non-hydrogen) atoms. The Morgan fingerprint density at radius 1 is 1.67 bits per heavy atom. The van der Waals surface area contributed by atoms with Crippen LogP contribution in [0.25, 0.3) is 0 Å². The molecule has 0 bridgehead atoms. The molecule has 1 N–H and O–H groups in total. The van der Waals surface area contributed by atoms with E-state index in [1.165, 1.54) is 19.2 Å². The molecule has 1 aromatic rings. The van der Waals surface area contributed by atoms with Crippen LogP contribution in [0.5, 0.6) is 5.88 Å². The highest BCUT2D eigenvalue weighted by molar-refractivity contribution is 6.32. The molecule has 0 atom stereocenters. The Hall–Kier alpha value is -1.29. The summed E-state index contributed by atoms with van der Waals surface area (Å²) in [6, 6.07) is 2.61. The lowest BCUT2D eigenvalue weighted by Crippen LogP contribution is -2.02. The van der Waals surface area contributed by atoms with Crippen molar-refractivity contribution in [3.8, 4) is 5.88 Å². The number of methoxy groups -OCH3 is 1. The van der Waals surface area contributed by atoms with Gasteiger partial charge in [-0.15, -0.1) is 0 Å². The van der Waals surface area contributed by atoms with Crippen LogP contribution in [0.4, 0.5) is 0 Å². The average Bonchev–Trinajstić information content (AvgIpc) is 2.03. The fraction of sp³-hybridized carbons (Fsp3) is 0.143. The number of ether oxygens (including phenoxy) is 1. The van der Waals surface area contributed by atoms with Gasteiger partial charge in [0.25, 0.3) is 0 Å². The molecule has 0 aliphatic heterocycles. The predicted molar refractivity (Wildman–Crippen MR) is 42.3 cm³/mol. The first-order chi connectivity index (χ1) is 5.65. The molecule has 1 rings (SSSR count). The highest BCUT2D eigenvalue weighted by Crippen LogP contribution is 2.17. The number of carbonyl (C=O) groups excluding carboxylic acids is 1. The van der Waals surface area contributed by atoms with Gasteiger partial charge >= 0.3 is 5.97 Å². The summed E-state index contributed by atoms with van der Waals surface area (Å²) in [7, 11) is 1.24. The van der Waals surface area contributed by atoms with Crippen molar-refractivity contribution in [2.45, 2.75) is 0 Å². The lowest BCUT2D eigenvalue weighted by atomic mass is 10.3. The van der Waals surface area contributed by atoms with Crippen LogP contribution in [0.2, 0.25) is 5.15 Å². The first-order valence-corrected chi connectivity index (χ1v) is 3.46. The largest absolute Gasteiger partial charge is 0.493 e. The zero-order chi connectivity index (χ0) is 9.14. The zero-order valence-corrected chi connectivity index (χ0v) is 7.00. The lowest BCUT2D eigenvalue weighted by Gasteiger charge is -2.00. The third kappa shape index (κ3) is 1.65. The molecule has 1 heterocycles. The molecule has 0 saturated carbocycles. The van der Waals surface area contributed by atoms with E-state index >= 15 is 0 Å². The van der Waals surface area contributed by atoms with Crippen molar-refractivity contribution in [3.63, 3.8) is 0 Å². The molecule has 4 nitrogen and oxygen atoms in total. The summed E-state index contributed by atoms with van der Waals surface area (Å²) in [6.07, 6.45) is 0. The minimum atomic E-state index is -0.576. The summed E-state index contributed by atoms with van der Waals surface area (Å²) in [4.78, 5) is 14.4. The fourth-order valence-electron chi connectivity index (χ4n) is 0.687. The first-order valence-electron chi connectivity index (χ1n) is 3.09. The van der Waals surface area contributed by atoms with Gasteiger partial charge in [-0.2, -0.15) is 0 Å². The van der Waals surface area contributed by atoms with E-state index in [2.05, 4.69) is 9.72 Å². The molecular formula is C7H6ClNO3. The number of rotatable bonds is 1. The van der Waals surface area contributed by atoms with Crippen LogP contribution >= 0.6 is 11.6 Å². The molecule has 0 saturated heterocycles. The minimum absolute atomic E-state index is 0.0677. The Balaban J connectivity index is 3.09. The molecule has 0 unspecified atom stereocenters. The minimum Gasteiger partial charge on any atom is -0.493 e. The van der Waals surface area contributed by atoms with Gasteiger partial charge < -0.3 is 9.84 Å². The van der Waals surface area contributed by atoms with Gasteiger partial charge in [0.15, 0.2) is 0 Å². The maximum atomic E-state index is 10.9. The number of aromatic hydroxyl groups is 1. The highest BCUT2D eigenvalue weighted by atomic mass is 35.5. The van der Waals surface area contributed by atoms with Crippen LogP contribution < -0.4 is 0 Å². The van der Waals surface area contributed by atoms with Crippen LogP contribution in [-0.2, 0) is 4.74 Å². The Labute approximate surface area is 73.8 Å². The van der Waals surface area contributed by atoms with Gasteiger partial charge in [-0.05, 0) is 6.07 Å². The summed E-state index contributed by atoms with van der Waals surface area (Å²) >= 11 is 5.53. The van der Waals surface area contributed by atoms with E-state index < -0.39 is 5.97 Å². The average molecular weight is 188 g/mol. The molecule has 64 valence electrons.